The number of unbranched alkanes of at least 4 members (excludes halogenated alkanes) is 2. The van der Waals surface area contributed by atoms with Crippen molar-refractivity contribution in [2.75, 3.05) is 19.6 Å². The van der Waals surface area contributed by atoms with E-state index in [0.29, 0.717) is 13.0 Å². The Morgan fingerprint density at radius 3 is 2.53 bits per heavy atom. The molecule has 0 aromatic carbocycles. The molecule has 17 heavy (non-hydrogen) atoms. The molecule has 0 spiro atoms. The number of rotatable bonds is 8. The van der Waals surface area contributed by atoms with Crippen molar-refractivity contribution in [2.45, 2.75) is 46.5 Å². The maximum absolute atomic E-state index is 12.0. The highest BCUT2D eigenvalue weighted by molar-refractivity contribution is 5.76. The predicted octanol–water partition coefficient (Wildman–Crippen LogP) is 2.01. The molecule has 0 aliphatic heterocycles. The van der Waals surface area contributed by atoms with Gasteiger partial charge in [0.1, 0.15) is 0 Å². The van der Waals surface area contributed by atoms with E-state index in [1.165, 1.54) is 0 Å². The molecule has 0 heterocycles. The first-order chi connectivity index (χ1) is 7.96. The number of hydrogen-bond donors (Lipinski definition) is 1. The average molecular weight is 238 g/mol. The summed E-state index contributed by atoms with van der Waals surface area (Å²) in [6.45, 7) is 8.24. The molecule has 0 rings (SSSR count). The summed E-state index contributed by atoms with van der Waals surface area (Å²) < 4.78 is 0. The molecule has 0 radical (unpaired) electrons. The summed E-state index contributed by atoms with van der Waals surface area (Å²) in [5, 5.41) is 0. The van der Waals surface area contributed by atoms with Gasteiger partial charge in [0.15, 0.2) is 0 Å². The molecule has 0 bridgehead atoms. The van der Waals surface area contributed by atoms with Gasteiger partial charge in [-0.05, 0) is 31.7 Å². The van der Waals surface area contributed by atoms with Crippen molar-refractivity contribution < 1.29 is 4.79 Å². The highest BCUT2D eigenvalue weighted by Crippen LogP contribution is 2.16. The normalized spacial score (nSPS) is 11.0. The van der Waals surface area contributed by atoms with Crippen molar-refractivity contribution in [3.05, 3.63) is 0 Å². The second-order valence-electron chi connectivity index (χ2n) is 5.19. The third kappa shape index (κ3) is 7.01. The molecule has 0 aliphatic carbocycles. The van der Waals surface area contributed by atoms with Crippen molar-refractivity contribution in [1.29, 1.82) is 0 Å². The van der Waals surface area contributed by atoms with E-state index in [2.05, 4.69) is 19.8 Å². The SMILES string of the molecule is C#CCCCCC(=O)N(CC)CC(C)(C)CN. The van der Waals surface area contributed by atoms with Crippen LogP contribution in [0, 0.1) is 17.8 Å². The second-order valence-corrected chi connectivity index (χ2v) is 5.19. The minimum Gasteiger partial charge on any atom is -0.342 e. The van der Waals surface area contributed by atoms with E-state index in [1.807, 2.05) is 11.8 Å². The first kappa shape index (κ1) is 16.0. The van der Waals surface area contributed by atoms with Crippen LogP contribution in [0.1, 0.15) is 46.5 Å². The number of carbonyl (C=O) groups excluding carboxylic acids is 1. The maximum Gasteiger partial charge on any atom is 0.222 e. The van der Waals surface area contributed by atoms with Crippen LogP contribution in [-0.4, -0.2) is 30.4 Å². The molecule has 0 saturated carbocycles. The van der Waals surface area contributed by atoms with E-state index in [9.17, 15) is 4.79 Å². The van der Waals surface area contributed by atoms with Gasteiger partial charge in [-0.15, -0.1) is 12.3 Å². The van der Waals surface area contributed by atoms with Gasteiger partial charge in [0.2, 0.25) is 5.91 Å². The van der Waals surface area contributed by atoms with E-state index < -0.39 is 0 Å². The number of nitrogens with two attached hydrogens (primary N) is 1. The third-order valence-corrected chi connectivity index (χ3v) is 2.87. The van der Waals surface area contributed by atoms with E-state index in [4.69, 9.17) is 12.2 Å². The Morgan fingerprint density at radius 2 is 2.06 bits per heavy atom. The molecule has 0 fully saturated rings. The molecular formula is C14H26N2O. The number of nitrogens with zero attached hydrogens (tertiary/aromatic N) is 1. The Kier molecular flexibility index (Phi) is 7.65. The topological polar surface area (TPSA) is 46.3 Å². The summed E-state index contributed by atoms with van der Waals surface area (Å²) in [4.78, 5) is 13.9. The Labute approximate surface area is 106 Å². The smallest absolute Gasteiger partial charge is 0.222 e. The van der Waals surface area contributed by atoms with Gasteiger partial charge in [-0.2, -0.15) is 0 Å². The third-order valence-electron chi connectivity index (χ3n) is 2.87. The van der Waals surface area contributed by atoms with E-state index in [0.717, 1.165) is 32.4 Å². The zero-order valence-corrected chi connectivity index (χ0v) is 11.5. The molecule has 2 N–H and O–H groups in total. The lowest BCUT2D eigenvalue weighted by molar-refractivity contribution is -0.132. The van der Waals surface area contributed by atoms with Crippen LogP contribution < -0.4 is 5.73 Å². The fraction of sp³-hybridized carbons (Fsp3) is 0.786. The Morgan fingerprint density at radius 1 is 1.41 bits per heavy atom. The van der Waals surface area contributed by atoms with Crippen LogP contribution in [-0.2, 0) is 4.79 Å². The molecule has 0 aromatic rings. The van der Waals surface area contributed by atoms with Crippen LogP contribution in [0.25, 0.3) is 0 Å². The van der Waals surface area contributed by atoms with E-state index in [1.54, 1.807) is 0 Å². The minimum atomic E-state index is -0.00944. The Bertz CT molecular complexity index is 266. The van der Waals surface area contributed by atoms with E-state index in [-0.39, 0.29) is 11.3 Å². The van der Waals surface area contributed by atoms with Crippen LogP contribution in [0.2, 0.25) is 0 Å². The summed E-state index contributed by atoms with van der Waals surface area (Å²) in [7, 11) is 0. The van der Waals surface area contributed by atoms with Crippen molar-refractivity contribution >= 4 is 5.91 Å². The fourth-order valence-electron chi connectivity index (χ4n) is 1.62. The van der Waals surface area contributed by atoms with Crippen molar-refractivity contribution in [3.63, 3.8) is 0 Å². The highest BCUT2D eigenvalue weighted by atomic mass is 16.2. The predicted molar refractivity (Wildman–Crippen MR) is 72.4 cm³/mol. The summed E-state index contributed by atoms with van der Waals surface area (Å²) in [6.07, 6.45) is 8.33. The van der Waals surface area contributed by atoms with Gasteiger partial charge in [0.25, 0.3) is 0 Å². The molecule has 3 heteroatoms. The lowest BCUT2D eigenvalue weighted by atomic mass is 9.93. The van der Waals surface area contributed by atoms with Crippen LogP contribution in [0.15, 0.2) is 0 Å². The minimum absolute atomic E-state index is 0.00944. The second kappa shape index (κ2) is 8.14. The monoisotopic (exact) mass is 238 g/mol. The number of terminal acetylenes is 1. The largest absolute Gasteiger partial charge is 0.342 e. The summed E-state index contributed by atoms with van der Waals surface area (Å²) in [5.74, 6) is 2.80. The maximum atomic E-state index is 12.0. The van der Waals surface area contributed by atoms with E-state index >= 15 is 0 Å². The van der Waals surface area contributed by atoms with Crippen LogP contribution in [0.5, 0.6) is 0 Å². The lowest BCUT2D eigenvalue weighted by Crippen LogP contribution is -2.41. The first-order valence-corrected chi connectivity index (χ1v) is 6.38. The molecule has 0 aliphatic rings. The van der Waals surface area contributed by atoms with Crippen molar-refractivity contribution in [1.82, 2.24) is 4.90 Å². The summed E-state index contributed by atoms with van der Waals surface area (Å²) in [5.41, 5.74) is 5.68. The van der Waals surface area contributed by atoms with Gasteiger partial charge >= 0.3 is 0 Å². The van der Waals surface area contributed by atoms with Gasteiger partial charge in [-0.1, -0.05) is 13.8 Å². The lowest BCUT2D eigenvalue weighted by Gasteiger charge is -2.31. The summed E-state index contributed by atoms with van der Waals surface area (Å²) >= 11 is 0. The van der Waals surface area contributed by atoms with Gasteiger partial charge in [-0.3, -0.25) is 4.79 Å². The first-order valence-electron chi connectivity index (χ1n) is 6.38. The molecule has 3 nitrogen and oxygen atoms in total. The number of carbonyl (C=O) groups is 1. The molecule has 0 saturated heterocycles. The molecule has 0 atom stereocenters. The number of amides is 1. The summed E-state index contributed by atoms with van der Waals surface area (Å²) in [6, 6.07) is 0. The van der Waals surface area contributed by atoms with Crippen LogP contribution in [0.4, 0.5) is 0 Å². The Balaban J connectivity index is 4.09. The molecule has 98 valence electrons. The van der Waals surface area contributed by atoms with Crippen LogP contribution >= 0.6 is 0 Å². The fourth-order valence-corrected chi connectivity index (χ4v) is 1.62. The molecule has 1 amide bonds. The van der Waals surface area contributed by atoms with Crippen LogP contribution in [0.3, 0.4) is 0 Å². The molecule has 0 aromatic heterocycles. The average Bonchev–Trinajstić information content (AvgIpc) is 2.31. The van der Waals surface area contributed by atoms with Gasteiger partial charge in [0, 0.05) is 25.9 Å². The zero-order valence-electron chi connectivity index (χ0n) is 11.5. The van der Waals surface area contributed by atoms with Gasteiger partial charge in [-0.25, -0.2) is 0 Å². The van der Waals surface area contributed by atoms with Gasteiger partial charge in [0.05, 0.1) is 0 Å². The quantitative estimate of drug-likeness (QED) is 0.519. The Hall–Kier alpha value is -1.01. The van der Waals surface area contributed by atoms with Crippen molar-refractivity contribution in [2.24, 2.45) is 11.1 Å². The highest BCUT2D eigenvalue weighted by Gasteiger charge is 2.22. The van der Waals surface area contributed by atoms with Crippen molar-refractivity contribution in [3.8, 4) is 12.3 Å². The number of hydrogen-bond acceptors (Lipinski definition) is 2. The molecule has 0 unspecified atom stereocenters. The van der Waals surface area contributed by atoms with Gasteiger partial charge < -0.3 is 10.6 Å². The zero-order chi connectivity index (χ0) is 13.3. The molecular weight excluding hydrogens is 212 g/mol. The standard InChI is InChI=1S/C14H26N2O/c1-5-7-8-9-10-13(17)16(6-2)12-14(3,4)11-15/h1H,6-12,15H2,2-4H3.